The molecule has 0 unspecified atom stereocenters. The molecule has 40 heavy (non-hydrogen) atoms. The van der Waals surface area contributed by atoms with Gasteiger partial charge in [-0.25, -0.2) is 8.42 Å². The lowest BCUT2D eigenvalue weighted by Gasteiger charge is -2.37. The van der Waals surface area contributed by atoms with Gasteiger partial charge in [-0.15, -0.1) is 11.8 Å². The van der Waals surface area contributed by atoms with Crippen LogP contribution >= 0.6 is 11.8 Å². The van der Waals surface area contributed by atoms with E-state index in [1.165, 1.54) is 11.8 Å². The molecule has 0 saturated carbocycles. The van der Waals surface area contributed by atoms with E-state index in [1.54, 1.807) is 11.0 Å². The van der Waals surface area contributed by atoms with Gasteiger partial charge >= 0.3 is 11.9 Å². The van der Waals surface area contributed by atoms with E-state index < -0.39 is 27.2 Å². The molecule has 10 heteroatoms. The van der Waals surface area contributed by atoms with E-state index in [0.29, 0.717) is 17.8 Å². The highest BCUT2D eigenvalue weighted by atomic mass is 32.2. The zero-order chi connectivity index (χ0) is 29.3. The second kappa shape index (κ2) is 14.4. The monoisotopic (exact) mass is 590 g/mol. The second-order valence-electron chi connectivity index (χ2n) is 10.8. The normalized spacial score (nSPS) is 15.9. The average molecular weight is 591 g/mol. The molecular weight excluding hydrogens is 548 g/mol. The molecule has 0 atom stereocenters. The fourth-order valence-electron chi connectivity index (χ4n) is 5.58. The van der Waals surface area contributed by atoms with Crippen LogP contribution in [0.3, 0.4) is 0 Å². The largest absolute Gasteiger partial charge is 0.481 e. The lowest BCUT2D eigenvalue weighted by atomic mass is 9.79. The number of carbonyl (C=O) groups is 2. The molecule has 2 N–H and O–H groups in total. The minimum atomic E-state index is -3.70. The summed E-state index contributed by atoms with van der Waals surface area (Å²) >= 11 is 1.47. The Labute approximate surface area is 242 Å². The third-order valence-electron chi connectivity index (χ3n) is 7.56. The van der Waals surface area contributed by atoms with Gasteiger partial charge < -0.3 is 15.1 Å². The quantitative estimate of drug-likeness (QED) is 0.239. The van der Waals surface area contributed by atoms with E-state index in [2.05, 4.69) is 18.7 Å². The van der Waals surface area contributed by atoms with Crippen LogP contribution < -0.4 is 4.90 Å². The van der Waals surface area contributed by atoms with Crippen molar-refractivity contribution in [1.29, 1.82) is 0 Å². The Morgan fingerprint density at radius 2 is 1.68 bits per heavy atom. The number of aliphatic carboxylic acids is 2. The number of carboxylic acids is 2. The first-order valence-corrected chi connectivity index (χ1v) is 16.8. The van der Waals surface area contributed by atoms with Crippen LogP contribution in [0.15, 0.2) is 52.3 Å². The van der Waals surface area contributed by atoms with Gasteiger partial charge in [0, 0.05) is 35.6 Å². The molecule has 3 rings (SSSR count). The van der Waals surface area contributed by atoms with E-state index >= 15 is 0 Å². The molecule has 1 heterocycles. The van der Waals surface area contributed by atoms with Crippen molar-refractivity contribution >= 4 is 44.9 Å². The number of anilines is 2. The molecule has 0 fully saturated rings. The highest BCUT2D eigenvalue weighted by Gasteiger charge is 2.42. The maximum Gasteiger partial charge on any atom is 0.317 e. The minimum Gasteiger partial charge on any atom is -0.481 e. The smallest absolute Gasteiger partial charge is 0.317 e. The Kier molecular flexibility index (Phi) is 11.5. The minimum absolute atomic E-state index is 0.0482. The number of nitrogens with zero attached hydrogens (tertiary/aromatic N) is 2. The summed E-state index contributed by atoms with van der Waals surface area (Å²) in [4.78, 5) is 27.5. The van der Waals surface area contributed by atoms with Gasteiger partial charge in [0.05, 0.1) is 29.3 Å². The lowest BCUT2D eigenvalue weighted by molar-refractivity contribution is -0.141. The summed E-state index contributed by atoms with van der Waals surface area (Å²) in [6, 6.07) is 13.5. The van der Waals surface area contributed by atoms with Gasteiger partial charge in [-0.2, -0.15) is 0 Å². The second-order valence-corrected chi connectivity index (χ2v) is 13.6. The molecule has 0 bridgehead atoms. The van der Waals surface area contributed by atoms with Crippen molar-refractivity contribution < 1.29 is 28.2 Å². The van der Waals surface area contributed by atoms with E-state index in [9.17, 15) is 23.1 Å². The molecule has 0 aliphatic carbocycles. The van der Waals surface area contributed by atoms with E-state index in [4.69, 9.17) is 5.11 Å². The summed E-state index contributed by atoms with van der Waals surface area (Å²) in [7, 11) is -3.70. The summed E-state index contributed by atoms with van der Waals surface area (Å²) in [6.45, 7) is 4.71. The van der Waals surface area contributed by atoms with Crippen LogP contribution in [0.25, 0.3) is 0 Å². The van der Waals surface area contributed by atoms with Gasteiger partial charge in [0.1, 0.15) is 0 Å². The van der Waals surface area contributed by atoms with Crippen LogP contribution in [0.1, 0.15) is 64.4 Å². The van der Waals surface area contributed by atoms with Crippen LogP contribution in [0.5, 0.6) is 0 Å². The molecule has 8 nitrogen and oxygen atoms in total. The summed E-state index contributed by atoms with van der Waals surface area (Å²) in [6.07, 6.45) is 7.23. The predicted molar refractivity (Wildman–Crippen MR) is 160 cm³/mol. The van der Waals surface area contributed by atoms with Crippen LogP contribution in [0, 0.1) is 5.41 Å². The fraction of sp³-hybridized carbons (Fsp3) is 0.533. The van der Waals surface area contributed by atoms with Crippen molar-refractivity contribution in [3.05, 3.63) is 48.0 Å². The number of fused-ring (bicyclic) bond motifs is 1. The number of thioether (sulfide) groups is 1. The third kappa shape index (κ3) is 8.24. The molecule has 1 aliphatic rings. The Bertz CT molecular complexity index is 1260. The number of benzene rings is 2. The van der Waals surface area contributed by atoms with Crippen LogP contribution in [0.2, 0.25) is 0 Å². The van der Waals surface area contributed by atoms with Gasteiger partial charge in [0.25, 0.3) is 0 Å². The van der Waals surface area contributed by atoms with Crippen LogP contribution in [-0.2, 0) is 26.0 Å². The zero-order valence-corrected chi connectivity index (χ0v) is 25.4. The molecule has 0 radical (unpaired) electrons. The van der Waals surface area contributed by atoms with Crippen molar-refractivity contribution in [2.24, 2.45) is 5.41 Å². The van der Waals surface area contributed by atoms with Gasteiger partial charge in [-0.05, 0) is 48.9 Å². The van der Waals surface area contributed by atoms with Crippen molar-refractivity contribution in [2.45, 2.75) is 75.1 Å². The number of sulfone groups is 1. The molecule has 0 saturated heterocycles. The van der Waals surface area contributed by atoms with Crippen molar-refractivity contribution in [2.75, 3.05) is 36.5 Å². The lowest BCUT2D eigenvalue weighted by Crippen LogP contribution is -2.38. The summed E-state index contributed by atoms with van der Waals surface area (Å²) in [5.41, 5.74) is 1.86. The molecule has 2 aromatic rings. The molecule has 2 aromatic carbocycles. The Morgan fingerprint density at radius 1 is 1.02 bits per heavy atom. The Hall–Kier alpha value is -2.56. The van der Waals surface area contributed by atoms with Crippen molar-refractivity contribution in [3.8, 4) is 0 Å². The number of unbranched alkanes of at least 4 members (excludes halogenated alkanes) is 2. The highest BCUT2D eigenvalue weighted by molar-refractivity contribution is 7.98. The van der Waals surface area contributed by atoms with E-state index in [-0.39, 0.29) is 36.7 Å². The Balaban J connectivity index is 2.19. The number of hydrogen-bond donors (Lipinski definition) is 2. The van der Waals surface area contributed by atoms with Crippen molar-refractivity contribution in [1.82, 2.24) is 4.90 Å². The first-order chi connectivity index (χ1) is 19.0. The van der Waals surface area contributed by atoms with Gasteiger partial charge in [0.15, 0.2) is 9.84 Å². The van der Waals surface area contributed by atoms with Gasteiger partial charge in [-0.1, -0.05) is 57.7 Å². The van der Waals surface area contributed by atoms with Crippen molar-refractivity contribution in [3.63, 3.8) is 0 Å². The number of hydrogen-bond acceptors (Lipinski definition) is 7. The van der Waals surface area contributed by atoms with Gasteiger partial charge in [-0.3, -0.25) is 14.5 Å². The third-order valence-corrected chi connectivity index (χ3v) is 10.4. The first-order valence-electron chi connectivity index (χ1n) is 14.0. The Morgan fingerprint density at radius 3 is 2.23 bits per heavy atom. The molecule has 0 spiro atoms. The van der Waals surface area contributed by atoms with E-state index in [0.717, 1.165) is 49.1 Å². The molecular formula is C30H42N2O6S2. The molecule has 1 aliphatic heterocycles. The standard InChI is InChI=1S/C30H42N2O6S2/c1-4-6-14-30(15-7-5-2)21-32(24-11-9-8-10-12-24)25-18-26(39-3)23(17-27(25)40(37,38)22-30)19-31(20-29(35)36)16-13-28(33)34/h8-12,17-18H,4-7,13-16,19-22H2,1-3H3,(H,33,34)(H,35,36). The highest BCUT2D eigenvalue weighted by Crippen LogP contribution is 2.46. The maximum absolute atomic E-state index is 14.2. The number of para-hydroxylation sites is 1. The molecule has 0 amide bonds. The fourth-order valence-corrected chi connectivity index (χ4v) is 8.35. The van der Waals surface area contributed by atoms with Crippen LogP contribution in [0.4, 0.5) is 11.4 Å². The van der Waals surface area contributed by atoms with E-state index in [1.807, 2.05) is 42.7 Å². The number of rotatable bonds is 15. The molecule has 220 valence electrons. The average Bonchev–Trinajstić information content (AvgIpc) is 3.01. The maximum atomic E-state index is 14.2. The summed E-state index contributed by atoms with van der Waals surface area (Å²) in [5.74, 6) is -2.02. The topological polar surface area (TPSA) is 115 Å². The first kappa shape index (κ1) is 32.0. The van der Waals surface area contributed by atoms with Gasteiger partial charge in [0.2, 0.25) is 0 Å². The summed E-state index contributed by atoms with van der Waals surface area (Å²) in [5, 5.41) is 18.6. The predicted octanol–water partition coefficient (Wildman–Crippen LogP) is 6.06. The molecule has 0 aromatic heterocycles. The zero-order valence-electron chi connectivity index (χ0n) is 23.8. The number of carboxylic acid groups (broad SMARTS) is 2. The SMILES string of the molecule is CCCCC1(CCCC)CN(c2ccccc2)c2cc(SC)c(CN(CCC(=O)O)CC(=O)O)cc2S(=O)(=O)C1. The summed E-state index contributed by atoms with van der Waals surface area (Å²) < 4.78 is 28.4. The van der Waals surface area contributed by atoms with Crippen LogP contribution in [-0.4, -0.2) is 67.1 Å².